The third-order valence-corrected chi connectivity index (χ3v) is 8.68. The number of halogens is 1. The summed E-state index contributed by atoms with van der Waals surface area (Å²) >= 11 is 6.06. The number of aromatic nitrogens is 2. The minimum atomic E-state index is -1.82. The molecule has 1 atom stereocenters. The number of benzene rings is 1. The van der Waals surface area contributed by atoms with Gasteiger partial charge in [0.25, 0.3) is 5.56 Å². The first-order valence-corrected chi connectivity index (χ1v) is 14.3. The Balaban J connectivity index is 1.78. The average Bonchev–Trinajstić information content (AvgIpc) is 3.18. The maximum Gasteiger partial charge on any atom is 0.343 e. The van der Waals surface area contributed by atoms with Gasteiger partial charge >= 0.3 is 5.97 Å². The molecule has 8 heteroatoms. The van der Waals surface area contributed by atoms with E-state index in [1.807, 2.05) is 0 Å². The molecule has 0 bridgehead atoms. The minimum Gasteiger partial charge on any atom is -0.458 e. The van der Waals surface area contributed by atoms with E-state index in [1.54, 1.807) is 17.6 Å². The molecule has 2 aliphatic heterocycles. The summed E-state index contributed by atoms with van der Waals surface area (Å²) in [5.41, 5.74) is 3.11. The Kier molecular flexibility index (Phi) is 5.46. The number of cyclic esters (lactones) is 1. The van der Waals surface area contributed by atoms with Crippen molar-refractivity contribution in [3.05, 3.63) is 56.9 Å². The summed E-state index contributed by atoms with van der Waals surface area (Å²) in [4.78, 5) is 30.8. The molecule has 3 aromatic rings. The van der Waals surface area contributed by atoms with Gasteiger partial charge in [0, 0.05) is 22.4 Å². The Morgan fingerprint density at radius 3 is 2.73 bits per heavy atom. The molecular weight excluding hydrogens is 456 g/mol. The van der Waals surface area contributed by atoms with Crippen molar-refractivity contribution < 1.29 is 14.6 Å². The second-order valence-corrected chi connectivity index (χ2v) is 12.0. The SMILES string of the molecule is CC[C@@]1(O)C(=O)OCc2c1cc1n(c2=O)Cc2c-1nc1ccc([Si](C)C)cc1c2CCCCl. The Hall–Kier alpha value is -2.48. The largest absolute Gasteiger partial charge is 0.458 e. The molecule has 0 unspecified atom stereocenters. The normalized spacial score (nSPS) is 18.9. The molecule has 0 spiro atoms. The van der Waals surface area contributed by atoms with Gasteiger partial charge in [-0.25, -0.2) is 9.78 Å². The van der Waals surface area contributed by atoms with Gasteiger partial charge in [0.1, 0.15) is 6.61 Å². The van der Waals surface area contributed by atoms with Gasteiger partial charge in [-0.2, -0.15) is 0 Å². The van der Waals surface area contributed by atoms with Crippen molar-refractivity contribution in [3.63, 3.8) is 0 Å². The highest BCUT2D eigenvalue weighted by Crippen LogP contribution is 2.40. The van der Waals surface area contributed by atoms with E-state index in [9.17, 15) is 14.7 Å². The van der Waals surface area contributed by atoms with Crippen LogP contribution in [-0.2, 0) is 34.7 Å². The van der Waals surface area contributed by atoms with E-state index in [0.717, 1.165) is 35.0 Å². The number of rotatable bonds is 5. The van der Waals surface area contributed by atoms with Gasteiger partial charge in [-0.1, -0.05) is 37.3 Å². The standard InChI is InChI=1S/C25H26ClN2O4Si/c1-4-25(31)19-11-21-22-17(12-28(21)23(29)18(19)13-32-24(25)30)15(6-5-9-26)16-10-14(33(2)3)7-8-20(16)27-22/h7-8,10-11,31H,4-6,9,12-13H2,1-3H3/t25-/m0/s1. The maximum absolute atomic E-state index is 13.5. The highest BCUT2D eigenvalue weighted by Gasteiger charge is 2.45. The zero-order chi connectivity index (χ0) is 23.5. The van der Waals surface area contributed by atoms with Crippen molar-refractivity contribution in [2.24, 2.45) is 0 Å². The zero-order valence-electron chi connectivity index (χ0n) is 19.0. The van der Waals surface area contributed by atoms with E-state index < -0.39 is 20.4 Å². The predicted octanol–water partition coefficient (Wildman–Crippen LogP) is 3.21. The number of carbonyl (C=O) groups excluding carboxylic acids is 1. The number of ether oxygens (including phenoxy) is 1. The van der Waals surface area contributed by atoms with E-state index in [2.05, 4.69) is 31.3 Å². The second-order valence-electron chi connectivity index (χ2n) is 9.05. The Bertz CT molecular complexity index is 1370. The summed E-state index contributed by atoms with van der Waals surface area (Å²) in [6.07, 6.45) is 1.75. The number of aryl methyl sites for hydroxylation is 1. The van der Waals surface area contributed by atoms with Crippen LogP contribution in [0.15, 0.2) is 29.1 Å². The first-order chi connectivity index (χ1) is 15.8. The fourth-order valence-corrected chi connectivity index (χ4v) is 5.99. The van der Waals surface area contributed by atoms with E-state index >= 15 is 0 Å². The van der Waals surface area contributed by atoms with Crippen LogP contribution in [-0.4, -0.2) is 35.3 Å². The fourth-order valence-electron chi connectivity index (χ4n) is 5.00. The van der Waals surface area contributed by atoms with Gasteiger partial charge in [-0.15, -0.1) is 11.6 Å². The number of carbonyl (C=O) groups is 1. The maximum atomic E-state index is 13.5. The van der Waals surface area contributed by atoms with Crippen molar-refractivity contribution in [1.29, 1.82) is 0 Å². The van der Waals surface area contributed by atoms with Gasteiger partial charge in [0.05, 0.1) is 37.8 Å². The molecule has 2 aliphatic rings. The van der Waals surface area contributed by atoms with Gasteiger partial charge in [-0.3, -0.25) is 4.79 Å². The Labute approximate surface area is 198 Å². The van der Waals surface area contributed by atoms with Crippen LogP contribution in [0.4, 0.5) is 0 Å². The van der Waals surface area contributed by atoms with Gasteiger partial charge in [0.15, 0.2) is 5.60 Å². The van der Waals surface area contributed by atoms with E-state index in [0.29, 0.717) is 29.2 Å². The van der Waals surface area contributed by atoms with Crippen molar-refractivity contribution >= 4 is 42.5 Å². The quantitative estimate of drug-likeness (QED) is 0.269. The Morgan fingerprint density at radius 1 is 1.24 bits per heavy atom. The monoisotopic (exact) mass is 481 g/mol. The molecule has 171 valence electrons. The van der Waals surface area contributed by atoms with Crippen LogP contribution in [0, 0.1) is 0 Å². The molecule has 4 heterocycles. The number of esters is 1. The number of pyridine rings is 2. The minimum absolute atomic E-state index is 0.123. The summed E-state index contributed by atoms with van der Waals surface area (Å²) in [5.74, 6) is -0.155. The lowest BCUT2D eigenvalue weighted by atomic mass is 9.86. The number of fused-ring (bicyclic) bond motifs is 5. The van der Waals surface area contributed by atoms with Crippen molar-refractivity contribution in [1.82, 2.24) is 9.55 Å². The molecule has 0 saturated heterocycles. The Morgan fingerprint density at radius 2 is 2.03 bits per heavy atom. The summed E-state index contributed by atoms with van der Waals surface area (Å²) in [6, 6.07) is 8.22. The van der Waals surface area contributed by atoms with Gasteiger partial charge in [-0.05, 0) is 37.0 Å². The highest BCUT2D eigenvalue weighted by molar-refractivity contribution is 6.70. The summed E-state index contributed by atoms with van der Waals surface area (Å²) < 4.78 is 6.87. The smallest absolute Gasteiger partial charge is 0.343 e. The number of hydrogen-bond acceptors (Lipinski definition) is 5. The summed E-state index contributed by atoms with van der Waals surface area (Å²) in [5, 5.41) is 13.5. The molecule has 5 rings (SSSR count). The van der Waals surface area contributed by atoms with Crippen LogP contribution in [0.5, 0.6) is 0 Å². The molecule has 6 nitrogen and oxygen atoms in total. The molecule has 0 saturated carbocycles. The van der Waals surface area contributed by atoms with Crippen molar-refractivity contribution in [2.75, 3.05) is 5.88 Å². The third kappa shape index (κ3) is 3.28. The molecular formula is C25H26ClN2O4Si. The second kappa shape index (κ2) is 8.08. The number of nitrogens with zero attached hydrogens (tertiary/aromatic N) is 2. The van der Waals surface area contributed by atoms with Crippen LogP contribution in [0.1, 0.15) is 42.0 Å². The van der Waals surface area contributed by atoms with E-state index in [-0.39, 0.29) is 18.6 Å². The molecule has 2 aromatic heterocycles. The van der Waals surface area contributed by atoms with Gasteiger partial charge < -0.3 is 14.4 Å². The highest BCUT2D eigenvalue weighted by atomic mass is 35.5. The third-order valence-electron chi connectivity index (χ3n) is 6.94. The number of alkyl halides is 1. The number of hydrogen-bond donors (Lipinski definition) is 1. The average molecular weight is 482 g/mol. The van der Waals surface area contributed by atoms with E-state index in [4.69, 9.17) is 21.3 Å². The predicted molar refractivity (Wildman–Crippen MR) is 131 cm³/mol. The summed E-state index contributed by atoms with van der Waals surface area (Å²) in [6.45, 7) is 6.53. The molecule has 1 N–H and O–H groups in total. The molecule has 1 radical (unpaired) electrons. The number of aliphatic hydroxyl groups is 1. The van der Waals surface area contributed by atoms with Crippen LogP contribution >= 0.6 is 11.6 Å². The van der Waals surface area contributed by atoms with Crippen molar-refractivity contribution in [2.45, 2.75) is 58.0 Å². The zero-order valence-corrected chi connectivity index (χ0v) is 20.8. The molecule has 0 aliphatic carbocycles. The lowest BCUT2D eigenvalue weighted by Crippen LogP contribution is -2.44. The molecule has 0 fully saturated rings. The molecule has 1 aromatic carbocycles. The van der Waals surface area contributed by atoms with Crippen LogP contribution in [0.2, 0.25) is 13.1 Å². The lowest BCUT2D eigenvalue weighted by molar-refractivity contribution is -0.172. The first-order valence-electron chi connectivity index (χ1n) is 11.3. The molecule has 33 heavy (non-hydrogen) atoms. The van der Waals surface area contributed by atoms with Gasteiger partial charge in [0.2, 0.25) is 0 Å². The van der Waals surface area contributed by atoms with Crippen LogP contribution in [0.3, 0.4) is 0 Å². The first kappa shape index (κ1) is 22.3. The lowest BCUT2D eigenvalue weighted by Gasteiger charge is -2.31. The molecule has 0 amide bonds. The summed E-state index contributed by atoms with van der Waals surface area (Å²) in [7, 11) is -0.627. The van der Waals surface area contributed by atoms with Crippen LogP contribution in [0.25, 0.3) is 22.3 Å². The van der Waals surface area contributed by atoms with E-state index in [1.165, 1.54) is 10.8 Å². The topological polar surface area (TPSA) is 81.4 Å². The van der Waals surface area contributed by atoms with Crippen LogP contribution < -0.4 is 10.7 Å². The van der Waals surface area contributed by atoms with Crippen molar-refractivity contribution in [3.8, 4) is 11.4 Å². The fraction of sp³-hybridized carbons (Fsp3) is 0.400.